The Balaban J connectivity index is 1.95. The highest BCUT2D eigenvalue weighted by Gasteiger charge is 2.26. The van der Waals surface area contributed by atoms with Crippen molar-refractivity contribution in [3.8, 4) is 11.5 Å². The molecule has 2 heterocycles. The van der Waals surface area contributed by atoms with Crippen molar-refractivity contribution in [1.29, 1.82) is 0 Å². The van der Waals surface area contributed by atoms with Crippen LogP contribution in [-0.2, 0) is 4.74 Å². The molecule has 0 bridgehead atoms. The van der Waals surface area contributed by atoms with Gasteiger partial charge < -0.3 is 24.4 Å². The average Bonchev–Trinajstić information content (AvgIpc) is 3.02. The Morgan fingerprint density at radius 3 is 2.48 bits per heavy atom. The molecule has 1 aromatic heterocycles. The molecule has 0 aliphatic carbocycles. The zero-order chi connectivity index (χ0) is 17.8. The van der Waals surface area contributed by atoms with Crippen molar-refractivity contribution >= 4 is 28.1 Å². The van der Waals surface area contributed by atoms with E-state index in [0.717, 1.165) is 11.5 Å². The number of carbonyl (C=O) groups is 1. The quantitative estimate of drug-likeness (QED) is 0.837. The number of morpholine rings is 1. The highest BCUT2D eigenvalue weighted by Crippen LogP contribution is 2.38. The Morgan fingerprint density at radius 1 is 1.24 bits per heavy atom. The molecular formula is C16H19N3O5S. The van der Waals surface area contributed by atoms with Crippen LogP contribution in [0.2, 0.25) is 0 Å². The molecule has 1 aliphatic rings. The van der Waals surface area contributed by atoms with Gasteiger partial charge >= 0.3 is 0 Å². The molecular weight excluding hydrogens is 346 g/mol. The van der Waals surface area contributed by atoms with Gasteiger partial charge in [-0.25, -0.2) is 0 Å². The molecule has 0 atom stereocenters. The van der Waals surface area contributed by atoms with Gasteiger partial charge in [-0.15, -0.1) is 0 Å². The molecule has 8 nitrogen and oxygen atoms in total. The van der Waals surface area contributed by atoms with Crippen LogP contribution in [-0.4, -0.2) is 55.7 Å². The second kappa shape index (κ2) is 7.58. The number of H-pyrrole nitrogens is 1. The standard InChI is InChI=1S/C16H19N3O5S/c1-22-10-4-3-5-11(23-2)13(10)17-15-12(14(20)18-25-15)16(21)19-6-8-24-9-7-19/h3-5,17H,6-9H2,1-2H3,(H,18,20). The maximum atomic E-state index is 12.8. The summed E-state index contributed by atoms with van der Waals surface area (Å²) in [4.78, 5) is 26.6. The van der Waals surface area contributed by atoms with Crippen LogP contribution in [0, 0.1) is 0 Å². The number of nitrogens with one attached hydrogen (secondary N) is 2. The number of amides is 1. The molecule has 0 radical (unpaired) electrons. The van der Waals surface area contributed by atoms with Crippen LogP contribution in [0.5, 0.6) is 11.5 Å². The first kappa shape index (κ1) is 17.3. The molecule has 2 N–H and O–H groups in total. The summed E-state index contributed by atoms with van der Waals surface area (Å²) in [5.41, 5.74) is 0.219. The number of nitrogens with zero attached hydrogens (tertiary/aromatic N) is 1. The van der Waals surface area contributed by atoms with Crippen molar-refractivity contribution in [1.82, 2.24) is 9.27 Å². The van der Waals surface area contributed by atoms with E-state index in [0.29, 0.717) is 48.5 Å². The van der Waals surface area contributed by atoms with E-state index >= 15 is 0 Å². The largest absolute Gasteiger partial charge is 0.494 e. The van der Waals surface area contributed by atoms with E-state index in [-0.39, 0.29) is 11.5 Å². The highest BCUT2D eigenvalue weighted by molar-refractivity contribution is 7.10. The second-order valence-corrected chi connectivity index (χ2v) is 6.12. The summed E-state index contributed by atoms with van der Waals surface area (Å²) in [5, 5.41) is 3.53. The average molecular weight is 365 g/mol. The van der Waals surface area contributed by atoms with E-state index in [4.69, 9.17) is 14.2 Å². The Bertz CT molecular complexity index is 788. The number of para-hydroxylation sites is 1. The molecule has 2 aromatic rings. The Labute approximate surface area is 148 Å². The van der Waals surface area contributed by atoms with Gasteiger partial charge in [-0.3, -0.25) is 14.0 Å². The molecule has 25 heavy (non-hydrogen) atoms. The van der Waals surface area contributed by atoms with Gasteiger partial charge in [0.15, 0.2) is 0 Å². The van der Waals surface area contributed by atoms with Crippen molar-refractivity contribution in [2.75, 3.05) is 45.8 Å². The summed E-state index contributed by atoms with van der Waals surface area (Å²) in [6.07, 6.45) is 0. The SMILES string of the molecule is COc1cccc(OC)c1Nc1s[nH]c(=O)c1C(=O)N1CCOCC1. The van der Waals surface area contributed by atoms with Gasteiger partial charge in [0.05, 0.1) is 27.4 Å². The first-order valence-corrected chi connectivity index (χ1v) is 8.54. The molecule has 3 rings (SSSR count). The van der Waals surface area contributed by atoms with Gasteiger partial charge in [0.2, 0.25) is 0 Å². The zero-order valence-corrected chi connectivity index (χ0v) is 14.8. The van der Waals surface area contributed by atoms with Crippen molar-refractivity contribution < 1.29 is 19.0 Å². The third-order valence-corrected chi connectivity index (χ3v) is 4.68. The van der Waals surface area contributed by atoms with Gasteiger partial charge in [-0.2, -0.15) is 0 Å². The third kappa shape index (κ3) is 3.47. The molecule has 1 aliphatic heterocycles. The van der Waals surface area contributed by atoms with E-state index in [2.05, 4.69) is 9.69 Å². The minimum atomic E-state index is -0.419. The number of carbonyl (C=O) groups excluding carboxylic acids is 1. The van der Waals surface area contributed by atoms with Crippen molar-refractivity contribution in [3.63, 3.8) is 0 Å². The molecule has 0 spiro atoms. The number of benzene rings is 1. The van der Waals surface area contributed by atoms with Crippen LogP contribution in [0.15, 0.2) is 23.0 Å². The molecule has 0 unspecified atom stereocenters. The van der Waals surface area contributed by atoms with Crippen LogP contribution < -0.4 is 20.3 Å². The molecule has 134 valence electrons. The lowest BCUT2D eigenvalue weighted by molar-refractivity contribution is 0.0303. The minimum absolute atomic E-state index is 0.0832. The molecule has 9 heteroatoms. The summed E-state index contributed by atoms with van der Waals surface area (Å²) in [6, 6.07) is 5.33. The van der Waals surface area contributed by atoms with E-state index in [1.54, 1.807) is 37.3 Å². The predicted octanol–water partition coefficient (Wildman–Crippen LogP) is 1.67. The first-order chi connectivity index (χ1) is 12.2. The Kier molecular flexibility index (Phi) is 5.25. The second-order valence-electron chi connectivity index (χ2n) is 5.30. The van der Waals surface area contributed by atoms with Crippen LogP contribution >= 0.6 is 11.5 Å². The lowest BCUT2D eigenvalue weighted by Gasteiger charge is -2.26. The number of rotatable bonds is 5. The fourth-order valence-electron chi connectivity index (χ4n) is 2.60. The monoisotopic (exact) mass is 365 g/mol. The molecule has 0 saturated carbocycles. The minimum Gasteiger partial charge on any atom is -0.494 e. The van der Waals surface area contributed by atoms with Crippen LogP contribution in [0.4, 0.5) is 10.7 Å². The first-order valence-electron chi connectivity index (χ1n) is 7.72. The Hall–Kier alpha value is -2.52. The highest BCUT2D eigenvalue weighted by atomic mass is 32.1. The van der Waals surface area contributed by atoms with Gasteiger partial charge in [0, 0.05) is 13.1 Å². The van der Waals surface area contributed by atoms with Crippen molar-refractivity contribution in [3.05, 3.63) is 34.1 Å². The fourth-order valence-corrected chi connectivity index (χ4v) is 3.33. The molecule has 1 saturated heterocycles. The van der Waals surface area contributed by atoms with Crippen LogP contribution in [0.1, 0.15) is 10.4 Å². The van der Waals surface area contributed by atoms with Crippen molar-refractivity contribution in [2.45, 2.75) is 0 Å². The number of aromatic nitrogens is 1. The summed E-state index contributed by atoms with van der Waals surface area (Å²) >= 11 is 1.06. The number of ether oxygens (including phenoxy) is 3. The summed E-state index contributed by atoms with van der Waals surface area (Å²) in [6.45, 7) is 1.87. The van der Waals surface area contributed by atoms with E-state index in [1.165, 1.54) is 0 Å². The van der Waals surface area contributed by atoms with E-state index in [9.17, 15) is 9.59 Å². The summed E-state index contributed by atoms with van der Waals surface area (Å²) in [5.74, 6) is 0.775. The van der Waals surface area contributed by atoms with Crippen molar-refractivity contribution in [2.24, 2.45) is 0 Å². The number of aromatic amines is 1. The third-order valence-electron chi connectivity index (χ3n) is 3.88. The van der Waals surface area contributed by atoms with Crippen LogP contribution in [0.25, 0.3) is 0 Å². The number of anilines is 2. The number of hydrogen-bond donors (Lipinski definition) is 2. The molecule has 1 amide bonds. The Morgan fingerprint density at radius 2 is 1.88 bits per heavy atom. The molecule has 1 aromatic carbocycles. The number of methoxy groups -OCH3 is 2. The lowest BCUT2D eigenvalue weighted by Crippen LogP contribution is -2.42. The zero-order valence-electron chi connectivity index (χ0n) is 14.0. The maximum Gasteiger partial charge on any atom is 0.273 e. The maximum absolute atomic E-state index is 12.8. The smallest absolute Gasteiger partial charge is 0.273 e. The van der Waals surface area contributed by atoms with Gasteiger partial charge in [-0.1, -0.05) is 6.07 Å². The van der Waals surface area contributed by atoms with Gasteiger partial charge in [0.1, 0.15) is 27.8 Å². The van der Waals surface area contributed by atoms with E-state index < -0.39 is 5.56 Å². The van der Waals surface area contributed by atoms with Gasteiger partial charge in [-0.05, 0) is 23.7 Å². The lowest BCUT2D eigenvalue weighted by atomic mass is 10.2. The summed E-state index contributed by atoms with van der Waals surface area (Å²) < 4.78 is 18.6. The van der Waals surface area contributed by atoms with Gasteiger partial charge in [0.25, 0.3) is 11.5 Å². The predicted molar refractivity (Wildman–Crippen MR) is 94.5 cm³/mol. The summed E-state index contributed by atoms with van der Waals surface area (Å²) in [7, 11) is 3.08. The number of hydrogen-bond acceptors (Lipinski definition) is 7. The normalized spacial score (nSPS) is 14.2. The van der Waals surface area contributed by atoms with Crippen LogP contribution in [0.3, 0.4) is 0 Å². The topological polar surface area (TPSA) is 92.9 Å². The van der Waals surface area contributed by atoms with E-state index in [1.807, 2.05) is 0 Å². The molecule has 1 fully saturated rings. The fraction of sp³-hybridized carbons (Fsp3) is 0.375.